The highest BCUT2D eigenvalue weighted by atomic mass is 16.5. The highest BCUT2D eigenvalue weighted by molar-refractivity contribution is 5.76. The molecule has 1 aliphatic carbocycles. The minimum Gasteiger partial charge on any atom is -0.460 e. The number of esters is 1. The summed E-state index contributed by atoms with van der Waals surface area (Å²) >= 11 is 0. The van der Waals surface area contributed by atoms with Crippen LogP contribution in [0.4, 0.5) is 0 Å². The zero-order valence-electron chi connectivity index (χ0n) is 26.6. The normalized spacial score (nSPS) is 16.7. The van der Waals surface area contributed by atoms with Crippen molar-refractivity contribution in [2.75, 3.05) is 0 Å². The molecule has 1 rings (SSSR count). The maximum atomic E-state index is 13.4. The van der Waals surface area contributed by atoms with E-state index in [0.29, 0.717) is 38.0 Å². The first kappa shape index (κ1) is 36.1. The van der Waals surface area contributed by atoms with Gasteiger partial charge in [0.05, 0.1) is 6.04 Å². The minimum absolute atomic E-state index is 0.00847. The fraction of sp³-hybridized carbons (Fsp3) is 0.568. The first-order valence-corrected chi connectivity index (χ1v) is 15.9. The Kier molecular flexibility index (Phi) is 19.2. The van der Waals surface area contributed by atoms with Gasteiger partial charge in [0, 0.05) is 12.8 Å². The Morgan fingerprint density at radius 1 is 1.10 bits per heavy atom. The Balaban J connectivity index is 3.17. The molecule has 0 spiro atoms. The van der Waals surface area contributed by atoms with Crippen LogP contribution >= 0.6 is 0 Å². The van der Waals surface area contributed by atoms with Crippen LogP contribution in [0, 0.1) is 11.8 Å². The van der Waals surface area contributed by atoms with E-state index in [1.54, 1.807) is 0 Å². The van der Waals surface area contributed by atoms with Crippen LogP contribution in [0.3, 0.4) is 0 Å². The molecule has 0 aromatic heterocycles. The molecule has 0 aliphatic heterocycles. The van der Waals surface area contributed by atoms with Gasteiger partial charge < -0.3 is 10.1 Å². The topological polar surface area (TPSA) is 55.4 Å². The zero-order valence-corrected chi connectivity index (χ0v) is 26.6. The van der Waals surface area contributed by atoms with Crippen molar-refractivity contribution in [3.63, 3.8) is 0 Å². The van der Waals surface area contributed by atoms with E-state index in [1.165, 1.54) is 16.7 Å². The fourth-order valence-corrected chi connectivity index (χ4v) is 5.56. The molecular weight excluding hydrogens is 506 g/mol. The molecule has 0 aromatic carbocycles. The molecule has 41 heavy (non-hydrogen) atoms. The Labute approximate surface area is 251 Å². The minimum atomic E-state index is -0.396. The van der Waals surface area contributed by atoms with E-state index in [0.717, 1.165) is 44.9 Å². The van der Waals surface area contributed by atoms with Gasteiger partial charge in [0.15, 0.2) is 0 Å². The molecule has 0 fully saturated rings. The van der Waals surface area contributed by atoms with Gasteiger partial charge in [-0.1, -0.05) is 119 Å². The lowest BCUT2D eigenvalue weighted by Crippen LogP contribution is -2.45. The van der Waals surface area contributed by atoms with Crippen molar-refractivity contribution in [1.82, 2.24) is 5.32 Å². The summed E-state index contributed by atoms with van der Waals surface area (Å²) in [6, 6.07) is -0.297. The molecule has 0 bridgehead atoms. The first-order valence-electron chi connectivity index (χ1n) is 15.9. The lowest BCUT2D eigenvalue weighted by Gasteiger charge is -2.30. The van der Waals surface area contributed by atoms with Gasteiger partial charge in [0.2, 0.25) is 5.91 Å². The standard InChI is InChI=1S/C37H57NO3/c1-8-19-29(7)27-31(20-9-2)28-34(38-36(39)26-25-33(12-5)32(10-3)11-4)35(41-37(40)13-6)24-18-23-30-21-16-14-15-17-22-30/h9-10,12,14-16,20-22,29,32,34-35H,2-3,8,11,13,17-19,23-28H2,1,4-7H3,(H,38,39)/b31-20+,33-12-/t29?,32?,34-,35?/m0/s1. The van der Waals surface area contributed by atoms with Crippen molar-refractivity contribution in [2.24, 2.45) is 11.8 Å². The van der Waals surface area contributed by atoms with E-state index in [-0.39, 0.29) is 23.8 Å². The molecule has 0 radical (unpaired) electrons. The summed E-state index contributed by atoms with van der Waals surface area (Å²) in [5, 5.41) is 3.31. The molecule has 0 saturated heterocycles. The Morgan fingerprint density at radius 3 is 2.51 bits per heavy atom. The molecule has 3 unspecified atom stereocenters. The highest BCUT2D eigenvalue weighted by Gasteiger charge is 2.28. The van der Waals surface area contributed by atoms with Crippen LogP contribution in [0.15, 0.2) is 84.6 Å². The predicted octanol–water partition coefficient (Wildman–Crippen LogP) is 9.67. The average molecular weight is 564 g/mol. The van der Waals surface area contributed by atoms with Gasteiger partial charge in [-0.3, -0.25) is 9.59 Å². The number of ether oxygens (including phenoxy) is 1. The van der Waals surface area contributed by atoms with Crippen LogP contribution in [0.1, 0.15) is 112 Å². The van der Waals surface area contributed by atoms with Crippen molar-refractivity contribution in [1.29, 1.82) is 0 Å². The Hall–Kier alpha value is -2.88. The molecule has 4 heteroatoms. The predicted molar refractivity (Wildman–Crippen MR) is 175 cm³/mol. The third-order valence-corrected chi connectivity index (χ3v) is 7.83. The molecule has 1 amide bonds. The summed E-state index contributed by atoms with van der Waals surface area (Å²) < 4.78 is 6.05. The number of amides is 1. The van der Waals surface area contributed by atoms with Gasteiger partial charge in [-0.25, -0.2) is 0 Å². The van der Waals surface area contributed by atoms with E-state index in [2.05, 4.69) is 81.8 Å². The number of allylic oxidation sites excluding steroid dienone is 11. The van der Waals surface area contributed by atoms with Crippen molar-refractivity contribution >= 4 is 11.9 Å². The average Bonchev–Trinajstić information content (AvgIpc) is 3.23. The van der Waals surface area contributed by atoms with Crippen LogP contribution in [0.5, 0.6) is 0 Å². The van der Waals surface area contributed by atoms with Crippen molar-refractivity contribution in [3.05, 3.63) is 84.6 Å². The summed E-state index contributed by atoms with van der Waals surface area (Å²) in [5.41, 5.74) is 3.77. The lowest BCUT2D eigenvalue weighted by atomic mass is 9.89. The maximum absolute atomic E-state index is 13.4. The molecule has 1 aliphatic rings. The van der Waals surface area contributed by atoms with Crippen LogP contribution < -0.4 is 5.32 Å². The molecule has 4 nitrogen and oxygen atoms in total. The number of carbonyl (C=O) groups is 2. The van der Waals surface area contributed by atoms with Gasteiger partial charge in [-0.2, -0.15) is 0 Å². The van der Waals surface area contributed by atoms with E-state index in [4.69, 9.17) is 4.74 Å². The van der Waals surface area contributed by atoms with Gasteiger partial charge in [0.25, 0.3) is 0 Å². The summed E-state index contributed by atoms with van der Waals surface area (Å²) in [5.74, 6) is 0.579. The summed E-state index contributed by atoms with van der Waals surface area (Å²) in [6.07, 6.45) is 27.9. The van der Waals surface area contributed by atoms with Crippen LogP contribution in [-0.4, -0.2) is 24.0 Å². The summed E-state index contributed by atoms with van der Waals surface area (Å²) in [6.45, 7) is 18.4. The van der Waals surface area contributed by atoms with Gasteiger partial charge in [-0.15, -0.1) is 6.58 Å². The van der Waals surface area contributed by atoms with Gasteiger partial charge in [0.1, 0.15) is 6.10 Å². The van der Waals surface area contributed by atoms with E-state index in [1.807, 2.05) is 26.0 Å². The SMILES string of the molecule is C=C/C=C(\CC(C)CCC)C[C@H](NC(=O)CC/C(=C/C)C(C=C)CC)C(CCCC1=CCC=CC=C1)OC(=O)CC. The molecule has 228 valence electrons. The molecule has 0 heterocycles. The van der Waals surface area contributed by atoms with Crippen LogP contribution in [-0.2, 0) is 14.3 Å². The van der Waals surface area contributed by atoms with E-state index >= 15 is 0 Å². The quantitative estimate of drug-likeness (QED) is 0.0859. The van der Waals surface area contributed by atoms with Crippen molar-refractivity contribution in [3.8, 4) is 0 Å². The number of hydrogen-bond acceptors (Lipinski definition) is 3. The van der Waals surface area contributed by atoms with Gasteiger partial charge in [-0.05, 0) is 70.1 Å². The fourth-order valence-electron chi connectivity index (χ4n) is 5.56. The van der Waals surface area contributed by atoms with Crippen LogP contribution in [0.2, 0.25) is 0 Å². The molecule has 4 atom stereocenters. The molecular formula is C37H57NO3. The number of rotatable bonds is 21. The van der Waals surface area contributed by atoms with Crippen LogP contribution in [0.25, 0.3) is 0 Å². The number of hydrogen-bond donors (Lipinski definition) is 1. The molecule has 1 N–H and O–H groups in total. The zero-order chi connectivity index (χ0) is 30.5. The molecule has 0 aromatic rings. The number of nitrogens with one attached hydrogen (secondary N) is 1. The van der Waals surface area contributed by atoms with E-state index < -0.39 is 6.10 Å². The second-order valence-corrected chi connectivity index (χ2v) is 11.2. The monoisotopic (exact) mass is 563 g/mol. The second-order valence-electron chi connectivity index (χ2n) is 11.2. The van der Waals surface area contributed by atoms with Crippen molar-refractivity contribution in [2.45, 2.75) is 124 Å². The number of carbonyl (C=O) groups excluding carboxylic acids is 2. The maximum Gasteiger partial charge on any atom is 0.305 e. The molecule has 0 saturated carbocycles. The largest absolute Gasteiger partial charge is 0.460 e. The van der Waals surface area contributed by atoms with Crippen molar-refractivity contribution < 1.29 is 14.3 Å². The summed E-state index contributed by atoms with van der Waals surface area (Å²) in [4.78, 5) is 26.0. The Morgan fingerprint density at radius 2 is 1.88 bits per heavy atom. The van der Waals surface area contributed by atoms with E-state index in [9.17, 15) is 9.59 Å². The smallest absolute Gasteiger partial charge is 0.305 e. The van der Waals surface area contributed by atoms with Gasteiger partial charge >= 0.3 is 5.97 Å². The second kappa shape index (κ2) is 21.8. The lowest BCUT2D eigenvalue weighted by molar-refractivity contribution is -0.151. The summed E-state index contributed by atoms with van der Waals surface area (Å²) in [7, 11) is 0. The highest BCUT2D eigenvalue weighted by Crippen LogP contribution is 2.26. The Bertz CT molecular complexity index is 965. The first-order chi connectivity index (χ1) is 19.8. The third kappa shape index (κ3) is 15.1. The third-order valence-electron chi connectivity index (χ3n) is 7.83.